The van der Waals surface area contributed by atoms with Gasteiger partial charge in [0.15, 0.2) is 0 Å². The van der Waals surface area contributed by atoms with E-state index in [4.69, 9.17) is 4.74 Å². The SMILES string of the molecule is CC1(C)Oc2cccc(O)c2C2=C1CCNC2. The van der Waals surface area contributed by atoms with Crippen LogP contribution in [-0.2, 0) is 0 Å². The molecule has 2 heterocycles. The van der Waals surface area contributed by atoms with Crippen LogP contribution >= 0.6 is 0 Å². The highest BCUT2D eigenvalue weighted by atomic mass is 16.5. The second-order valence-corrected chi connectivity index (χ2v) is 5.15. The zero-order valence-corrected chi connectivity index (χ0v) is 10.2. The number of ether oxygens (including phenoxy) is 1. The van der Waals surface area contributed by atoms with Crippen molar-refractivity contribution in [2.45, 2.75) is 25.9 Å². The Labute approximate surface area is 101 Å². The molecule has 2 N–H and O–H groups in total. The summed E-state index contributed by atoms with van der Waals surface area (Å²) >= 11 is 0. The Morgan fingerprint density at radius 2 is 2.18 bits per heavy atom. The lowest BCUT2D eigenvalue weighted by Crippen LogP contribution is -2.40. The summed E-state index contributed by atoms with van der Waals surface area (Å²) in [5, 5.41) is 13.4. The van der Waals surface area contributed by atoms with Crippen molar-refractivity contribution < 1.29 is 9.84 Å². The highest BCUT2D eigenvalue weighted by Crippen LogP contribution is 2.46. The minimum absolute atomic E-state index is 0.266. The van der Waals surface area contributed by atoms with Crippen molar-refractivity contribution in [1.29, 1.82) is 0 Å². The lowest BCUT2D eigenvalue weighted by Gasteiger charge is -2.39. The summed E-state index contributed by atoms with van der Waals surface area (Å²) in [6.07, 6.45) is 0.982. The van der Waals surface area contributed by atoms with Crippen molar-refractivity contribution in [1.82, 2.24) is 5.32 Å². The molecule has 1 aromatic carbocycles. The van der Waals surface area contributed by atoms with Crippen LogP contribution in [0.15, 0.2) is 23.8 Å². The van der Waals surface area contributed by atoms with Gasteiger partial charge in [0.1, 0.15) is 17.1 Å². The number of nitrogens with one attached hydrogen (secondary N) is 1. The van der Waals surface area contributed by atoms with Gasteiger partial charge in [0.05, 0.1) is 5.56 Å². The Morgan fingerprint density at radius 1 is 1.35 bits per heavy atom. The van der Waals surface area contributed by atoms with Gasteiger partial charge in [-0.05, 0) is 50.1 Å². The molecule has 0 spiro atoms. The van der Waals surface area contributed by atoms with E-state index in [0.29, 0.717) is 5.75 Å². The number of rotatable bonds is 0. The molecule has 2 aliphatic rings. The maximum atomic E-state index is 10.0. The van der Waals surface area contributed by atoms with E-state index in [2.05, 4.69) is 19.2 Å². The van der Waals surface area contributed by atoms with E-state index in [9.17, 15) is 5.11 Å². The van der Waals surface area contributed by atoms with Gasteiger partial charge in [-0.3, -0.25) is 0 Å². The molecular formula is C14H17NO2. The molecule has 0 aromatic heterocycles. The van der Waals surface area contributed by atoms with E-state index in [1.165, 1.54) is 11.1 Å². The molecule has 2 aliphatic heterocycles. The average Bonchev–Trinajstić information content (AvgIpc) is 2.28. The highest BCUT2D eigenvalue weighted by molar-refractivity contribution is 5.81. The van der Waals surface area contributed by atoms with Crippen molar-refractivity contribution in [2.24, 2.45) is 0 Å². The molecule has 0 saturated heterocycles. The van der Waals surface area contributed by atoms with Gasteiger partial charge in [-0.15, -0.1) is 0 Å². The fourth-order valence-corrected chi connectivity index (χ4v) is 2.83. The molecule has 0 atom stereocenters. The molecule has 3 rings (SSSR count). The van der Waals surface area contributed by atoms with E-state index in [0.717, 1.165) is 30.8 Å². The number of benzene rings is 1. The Morgan fingerprint density at radius 3 is 3.00 bits per heavy atom. The Bertz CT molecular complexity index is 503. The van der Waals surface area contributed by atoms with Crippen LogP contribution in [0.25, 0.3) is 5.57 Å². The summed E-state index contributed by atoms with van der Waals surface area (Å²) in [6.45, 7) is 5.99. The smallest absolute Gasteiger partial charge is 0.131 e. The molecule has 17 heavy (non-hydrogen) atoms. The molecule has 0 bridgehead atoms. The van der Waals surface area contributed by atoms with Crippen molar-refractivity contribution in [3.63, 3.8) is 0 Å². The van der Waals surface area contributed by atoms with Crippen LogP contribution in [0.4, 0.5) is 0 Å². The van der Waals surface area contributed by atoms with E-state index in [1.807, 2.05) is 12.1 Å². The van der Waals surface area contributed by atoms with Crippen LogP contribution in [0.2, 0.25) is 0 Å². The molecule has 90 valence electrons. The molecule has 0 unspecified atom stereocenters. The molecule has 1 aromatic rings. The molecule has 0 fully saturated rings. The first kappa shape index (κ1) is 10.7. The molecule has 0 saturated carbocycles. The number of fused-ring (bicyclic) bond motifs is 2. The molecule has 0 amide bonds. The fourth-order valence-electron chi connectivity index (χ4n) is 2.83. The van der Waals surface area contributed by atoms with Gasteiger partial charge in [-0.1, -0.05) is 6.07 Å². The number of phenolic OH excluding ortho intramolecular Hbond substituents is 1. The quantitative estimate of drug-likeness (QED) is 0.720. The molecular weight excluding hydrogens is 214 g/mol. The predicted molar refractivity (Wildman–Crippen MR) is 67.2 cm³/mol. The van der Waals surface area contributed by atoms with Crippen LogP contribution in [0.3, 0.4) is 0 Å². The topological polar surface area (TPSA) is 41.5 Å². The molecule has 3 heteroatoms. The van der Waals surface area contributed by atoms with Gasteiger partial charge >= 0.3 is 0 Å². The molecule has 3 nitrogen and oxygen atoms in total. The van der Waals surface area contributed by atoms with Gasteiger partial charge in [-0.25, -0.2) is 0 Å². The first-order chi connectivity index (χ1) is 8.09. The third-order valence-corrected chi connectivity index (χ3v) is 3.62. The summed E-state index contributed by atoms with van der Waals surface area (Å²) in [7, 11) is 0. The Hall–Kier alpha value is -1.48. The number of phenols is 1. The van der Waals surface area contributed by atoms with Crippen LogP contribution < -0.4 is 10.1 Å². The van der Waals surface area contributed by atoms with Crippen molar-refractivity contribution in [2.75, 3.05) is 13.1 Å². The summed E-state index contributed by atoms with van der Waals surface area (Å²) < 4.78 is 6.02. The maximum absolute atomic E-state index is 10.0. The van der Waals surface area contributed by atoms with Crippen molar-refractivity contribution >= 4 is 5.57 Å². The number of hydrogen-bond donors (Lipinski definition) is 2. The minimum Gasteiger partial charge on any atom is -0.507 e. The highest BCUT2D eigenvalue weighted by Gasteiger charge is 2.36. The monoisotopic (exact) mass is 231 g/mol. The standard InChI is InChI=1S/C14H17NO2/c1-14(2)10-6-7-15-8-9(10)13-11(16)4-3-5-12(13)17-14/h3-5,15-16H,6-8H2,1-2H3. The van der Waals surface area contributed by atoms with Crippen LogP contribution in [0.5, 0.6) is 11.5 Å². The van der Waals surface area contributed by atoms with Gasteiger partial charge in [0, 0.05) is 6.54 Å². The molecule has 0 aliphatic carbocycles. The van der Waals surface area contributed by atoms with Crippen LogP contribution in [0, 0.1) is 0 Å². The first-order valence-corrected chi connectivity index (χ1v) is 6.04. The molecule has 0 radical (unpaired) electrons. The van der Waals surface area contributed by atoms with Crippen molar-refractivity contribution in [3.05, 3.63) is 29.3 Å². The van der Waals surface area contributed by atoms with E-state index >= 15 is 0 Å². The van der Waals surface area contributed by atoms with Crippen LogP contribution in [0.1, 0.15) is 25.8 Å². The van der Waals surface area contributed by atoms with Crippen molar-refractivity contribution in [3.8, 4) is 11.5 Å². The predicted octanol–water partition coefficient (Wildman–Crippen LogP) is 2.31. The third-order valence-electron chi connectivity index (χ3n) is 3.62. The third kappa shape index (κ3) is 1.53. The number of hydrogen-bond acceptors (Lipinski definition) is 3. The van der Waals surface area contributed by atoms with Gasteiger partial charge in [-0.2, -0.15) is 0 Å². The second kappa shape index (κ2) is 3.50. The summed E-state index contributed by atoms with van der Waals surface area (Å²) in [5.41, 5.74) is 3.12. The van der Waals surface area contributed by atoms with E-state index < -0.39 is 0 Å². The number of aromatic hydroxyl groups is 1. The summed E-state index contributed by atoms with van der Waals surface area (Å²) in [4.78, 5) is 0. The van der Waals surface area contributed by atoms with Gasteiger partial charge in [0.25, 0.3) is 0 Å². The lowest BCUT2D eigenvalue weighted by molar-refractivity contribution is 0.137. The van der Waals surface area contributed by atoms with E-state index in [-0.39, 0.29) is 5.60 Å². The fraction of sp³-hybridized carbons (Fsp3) is 0.429. The minimum atomic E-state index is -0.266. The van der Waals surface area contributed by atoms with E-state index in [1.54, 1.807) is 6.07 Å². The first-order valence-electron chi connectivity index (χ1n) is 6.04. The van der Waals surface area contributed by atoms with Gasteiger partial charge in [0.2, 0.25) is 0 Å². The lowest BCUT2D eigenvalue weighted by atomic mass is 9.82. The Balaban J connectivity index is 2.26. The largest absolute Gasteiger partial charge is 0.507 e. The maximum Gasteiger partial charge on any atom is 0.131 e. The zero-order chi connectivity index (χ0) is 12.0. The summed E-state index contributed by atoms with van der Waals surface area (Å²) in [6, 6.07) is 5.47. The average molecular weight is 231 g/mol. The second-order valence-electron chi connectivity index (χ2n) is 5.15. The van der Waals surface area contributed by atoms with Gasteiger partial charge < -0.3 is 15.2 Å². The summed E-state index contributed by atoms with van der Waals surface area (Å²) in [5.74, 6) is 1.10. The zero-order valence-electron chi connectivity index (χ0n) is 10.2. The van der Waals surface area contributed by atoms with Crippen LogP contribution in [-0.4, -0.2) is 23.8 Å². The Kier molecular flexibility index (Phi) is 2.20. The normalized spacial score (nSPS) is 21.5.